The summed E-state index contributed by atoms with van der Waals surface area (Å²) in [5.41, 5.74) is 0.864. The van der Waals surface area contributed by atoms with Crippen LogP contribution < -0.4 is 10.1 Å². The predicted octanol–water partition coefficient (Wildman–Crippen LogP) is 3.21. The predicted molar refractivity (Wildman–Crippen MR) is 88.2 cm³/mol. The summed E-state index contributed by atoms with van der Waals surface area (Å²) >= 11 is 0. The lowest BCUT2D eigenvalue weighted by Crippen LogP contribution is -2.25. The highest BCUT2D eigenvalue weighted by Crippen LogP contribution is 2.27. The van der Waals surface area contributed by atoms with Gasteiger partial charge >= 0.3 is 0 Å². The van der Waals surface area contributed by atoms with Crippen LogP contribution in [-0.4, -0.2) is 29.5 Å². The van der Waals surface area contributed by atoms with Crippen LogP contribution in [0.25, 0.3) is 0 Å². The van der Waals surface area contributed by atoms with E-state index in [0.717, 1.165) is 37.1 Å². The average Bonchev–Trinajstić information content (AvgIpc) is 2.52. The summed E-state index contributed by atoms with van der Waals surface area (Å²) in [7, 11) is 0. The Morgan fingerprint density at radius 3 is 2.86 bits per heavy atom. The Hall–Kier alpha value is -1.26. The molecule has 2 rings (SSSR count). The molecule has 0 saturated heterocycles. The van der Waals surface area contributed by atoms with Gasteiger partial charge in [-0.25, -0.2) is 0 Å². The summed E-state index contributed by atoms with van der Waals surface area (Å²) in [4.78, 5) is 0. The van der Waals surface area contributed by atoms with Gasteiger partial charge in [0.1, 0.15) is 11.5 Å². The van der Waals surface area contributed by atoms with Gasteiger partial charge in [0, 0.05) is 12.1 Å². The number of benzene rings is 1. The number of ether oxygens (including phenoxy) is 1. The highest BCUT2D eigenvalue weighted by atomic mass is 16.5. The van der Waals surface area contributed by atoms with Crippen molar-refractivity contribution in [3.63, 3.8) is 0 Å². The van der Waals surface area contributed by atoms with E-state index >= 15 is 0 Å². The van der Waals surface area contributed by atoms with E-state index in [0.29, 0.717) is 24.8 Å². The molecule has 0 aliphatic heterocycles. The summed E-state index contributed by atoms with van der Waals surface area (Å²) in [5.74, 6) is 1.58. The Labute approximate surface area is 133 Å². The molecule has 2 unspecified atom stereocenters. The molecule has 0 heterocycles. The minimum absolute atomic E-state index is 0.0966. The van der Waals surface area contributed by atoms with Crippen LogP contribution in [0.5, 0.6) is 11.5 Å². The van der Waals surface area contributed by atoms with Crippen molar-refractivity contribution >= 4 is 0 Å². The number of phenolic OH excluding ortho intramolecular Hbond substituents is 1. The van der Waals surface area contributed by atoms with Crippen LogP contribution in [0.2, 0.25) is 0 Å². The largest absolute Gasteiger partial charge is 0.508 e. The number of hydrogen-bond donors (Lipinski definition) is 3. The van der Waals surface area contributed by atoms with Gasteiger partial charge in [0.05, 0.1) is 12.7 Å². The van der Waals surface area contributed by atoms with Crippen molar-refractivity contribution in [1.82, 2.24) is 5.32 Å². The van der Waals surface area contributed by atoms with Crippen LogP contribution >= 0.6 is 0 Å². The molecule has 1 aromatic rings. The number of aromatic hydroxyl groups is 1. The maximum atomic E-state index is 9.95. The standard InChI is InChI=1S/C18H29NO3/c1-2-22-16-9-10-18(21)15(12-16)13-19-11-5-7-14-6-3-4-8-17(14)20/h9-10,12,14,17,19-21H,2-8,11,13H2,1H3. The first kappa shape index (κ1) is 17.1. The first-order valence-electron chi connectivity index (χ1n) is 8.54. The van der Waals surface area contributed by atoms with Crippen molar-refractivity contribution in [3.8, 4) is 11.5 Å². The van der Waals surface area contributed by atoms with Gasteiger partial charge in [-0.15, -0.1) is 0 Å². The summed E-state index contributed by atoms with van der Waals surface area (Å²) < 4.78 is 5.45. The van der Waals surface area contributed by atoms with E-state index in [2.05, 4.69) is 5.32 Å². The third kappa shape index (κ3) is 5.18. The minimum Gasteiger partial charge on any atom is -0.508 e. The van der Waals surface area contributed by atoms with Crippen molar-refractivity contribution in [2.24, 2.45) is 5.92 Å². The zero-order valence-corrected chi connectivity index (χ0v) is 13.6. The Kier molecular flexibility index (Phi) is 7.00. The molecule has 1 saturated carbocycles. The molecule has 1 fully saturated rings. The molecule has 1 aliphatic carbocycles. The normalized spacial score (nSPS) is 21.7. The molecule has 0 bridgehead atoms. The second-order valence-corrected chi connectivity index (χ2v) is 6.15. The van der Waals surface area contributed by atoms with E-state index < -0.39 is 0 Å². The lowest BCUT2D eigenvalue weighted by Gasteiger charge is -2.27. The third-order valence-electron chi connectivity index (χ3n) is 4.47. The zero-order valence-electron chi connectivity index (χ0n) is 13.6. The van der Waals surface area contributed by atoms with E-state index in [1.54, 1.807) is 12.1 Å². The van der Waals surface area contributed by atoms with Crippen LogP contribution in [0.3, 0.4) is 0 Å². The van der Waals surface area contributed by atoms with Crippen LogP contribution in [0.4, 0.5) is 0 Å². The Balaban J connectivity index is 1.69. The van der Waals surface area contributed by atoms with Gasteiger partial charge < -0.3 is 20.3 Å². The molecule has 4 nitrogen and oxygen atoms in total. The van der Waals surface area contributed by atoms with Crippen LogP contribution in [0, 0.1) is 5.92 Å². The van der Waals surface area contributed by atoms with Crippen molar-refractivity contribution in [2.75, 3.05) is 13.2 Å². The quantitative estimate of drug-likeness (QED) is 0.645. The van der Waals surface area contributed by atoms with Gasteiger partial charge in [0.25, 0.3) is 0 Å². The molecule has 0 aromatic heterocycles. The average molecular weight is 307 g/mol. The number of rotatable bonds is 8. The van der Waals surface area contributed by atoms with Crippen LogP contribution in [0.15, 0.2) is 18.2 Å². The first-order chi connectivity index (χ1) is 10.7. The topological polar surface area (TPSA) is 61.7 Å². The van der Waals surface area contributed by atoms with Crippen molar-refractivity contribution in [2.45, 2.75) is 58.1 Å². The Bertz CT molecular complexity index is 450. The van der Waals surface area contributed by atoms with E-state index in [1.165, 1.54) is 19.3 Å². The molecule has 2 atom stereocenters. The fourth-order valence-electron chi connectivity index (χ4n) is 3.20. The molecule has 22 heavy (non-hydrogen) atoms. The molecule has 0 amide bonds. The van der Waals surface area contributed by atoms with Gasteiger partial charge in [-0.2, -0.15) is 0 Å². The monoisotopic (exact) mass is 307 g/mol. The number of aliphatic hydroxyl groups excluding tert-OH is 1. The summed E-state index contributed by atoms with van der Waals surface area (Å²) in [6.45, 7) is 4.12. The maximum Gasteiger partial charge on any atom is 0.120 e. The van der Waals surface area contributed by atoms with Crippen LogP contribution in [-0.2, 0) is 6.54 Å². The van der Waals surface area contributed by atoms with Gasteiger partial charge in [-0.05, 0) is 63.3 Å². The SMILES string of the molecule is CCOc1ccc(O)c(CNCCCC2CCCCC2O)c1. The molecule has 124 valence electrons. The second-order valence-electron chi connectivity index (χ2n) is 6.15. The molecule has 3 N–H and O–H groups in total. The third-order valence-corrected chi connectivity index (χ3v) is 4.47. The number of nitrogens with one attached hydrogen (secondary N) is 1. The van der Waals surface area contributed by atoms with Crippen molar-refractivity contribution < 1.29 is 14.9 Å². The molecule has 0 radical (unpaired) electrons. The molecular weight excluding hydrogens is 278 g/mol. The maximum absolute atomic E-state index is 9.95. The fraction of sp³-hybridized carbons (Fsp3) is 0.667. The van der Waals surface area contributed by atoms with Gasteiger partial charge in [-0.1, -0.05) is 12.8 Å². The smallest absolute Gasteiger partial charge is 0.120 e. The minimum atomic E-state index is -0.0966. The lowest BCUT2D eigenvalue weighted by atomic mass is 9.83. The Morgan fingerprint density at radius 1 is 1.27 bits per heavy atom. The highest BCUT2D eigenvalue weighted by molar-refractivity contribution is 5.39. The van der Waals surface area contributed by atoms with Gasteiger partial charge in [0.15, 0.2) is 0 Å². The van der Waals surface area contributed by atoms with Gasteiger partial charge in [0.2, 0.25) is 0 Å². The number of phenols is 1. The number of aliphatic hydroxyl groups is 1. The van der Waals surface area contributed by atoms with Gasteiger partial charge in [-0.3, -0.25) is 0 Å². The summed E-state index contributed by atoms with van der Waals surface area (Å²) in [6.07, 6.45) is 6.61. The molecule has 1 aromatic carbocycles. The van der Waals surface area contributed by atoms with E-state index in [-0.39, 0.29) is 6.10 Å². The van der Waals surface area contributed by atoms with E-state index in [1.807, 2.05) is 13.0 Å². The Morgan fingerprint density at radius 2 is 2.09 bits per heavy atom. The fourth-order valence-corrected chi connectivity index (χ4v) is 3.20. The first-order valence-corrected chi connectivity index (χ1v) is 8.54. The molecule has 4 heteroatoms. The molecular formula is C18H29NO3. The molecule has 0 spiro atoms. The van der Waals surface area contributed by atoms with Crippen molar-refractivity contribution in [1.29, 1.82) is 0 Å². The zero-order chi connectivity index (χ0) is 15.8. The lowest BCUT2D eigenvalue weighted by molar-refractivity contribution is 0.0643. The van der Waals surface area contributed by atoms with Crippen LogP contribution in [0.1, 0.15) is 51.0 Å². The van der Waals surface area contributed by atoms with Crippen molar-refractivity contribution in [3.05, 3.63) is 23.8 Å². The van der Waals surface area contributed by atoms with E-state index in [9.17, 15) is 10.2 Å². The molecule has 1 aliphatic rings. The highest BCUT2D eigenvalue weighted by Gasteiger charge is 2.22. The number of hydrogen-bond acceptors (Lipinski definition) is 4. The summed E-state index contributed by atoms with van der Waals surface area (Å²) in [6, 6.07) is 5.35. The van der Waals surface area contributed by atoms with E-state index in [4.69, 9.17) is 4.74 Å². The summed E-state index contributed by atoms with van der Waals surface area (Å²) in [5, 5.41) is 23.2. The second kappa shape index (κ2) is 9.01.